The smallest absolute Gasteiger partial charge is 0.0705 e. The van der Waals surface area contributed by atoms with E-state index in [0.29, 0.717) is 0 Å². The maximum Gasteiger partial charge on any atom is 0.0705 e. The van der Waals surface area contributed by atoms with Crippen LogP contribution in [0.25, 0.3) is 65.2 Å². The van der Waals surface area contributed by atoms with E-state index in [1.165, 1.54) is 65.3 Å². The molecule has 6 aromatic heterocycles. The Labute approximate surface area is 470 Å². The van der Waals surface area contributed by atoms with Crippen LogP contribution < -0.4 is 0 Å². The maximum atomic E-state index is 4.38. The Morgan fingerprint density at radius 3 is 1.33 bits per heavy atom. The highest BCUT2D eigenvalue weighted by atomic mass is 14.7. The standard InChI is InChI=1S/6C10H9N.6C2H6/c1-8-2-3-9-4-5-11-7-10(9)6-8;1-8-4-5-10-9(7-8)3-2-6-11-10;1-8-4-5-9-3-2-6-11-10(9)7-8;1-8-6-9-4-2-3-5-10(9)7-11-8;1-8-6-9-4-2-3-5-10(9)11-7-8;1-8-6-7-9-4-2-3-5-10(9)11-8;6*1-2/h6*2-7H,1H3;6*1-2H3. The number of benzene rings is 6. The van der Waals surface area contributed by atoms with E-state index in [0.717, 1.165) is 33.5 Å². The van der Waals surface area contributed by atoms with Crippen molar-refractivity contribution in [2.24, 2.45) is 0 Å². The third-order valence-corrected chi connectivity index (χ3v) is 10.5. The lowest BCUT2D eigenvalue weighted by Gasteiger charge is -1.96. The van der Waals surface area contributed by atoms with Crippen LogP contribution in [0.2, 0.25) is 0 Å². The van der Waals surface area contributed by atoms with Gasteiger partial charge in [0.1, 0.15) is 0 Å². The summed E-state index contributed by atoms with van der Waals surface area (Å²) in [6.07, 6.45) is 11.1. The zero-order valence-electron chi connectivity index (χ0n) is 50.5. The summed E-state index contributed by atoms with van der Waals surface area (Å²) < 4.78 is 0. The van der Waals surface area contributed by atoms with Gasteiger partial charge in [-0.25, -0.2) is 0 Å². The van der Waals surface area contributed by atoms with Crippen LogP contribution >= 0.6 is 0 Å². The van der Waals surface area contributed by atoms with Gasteiger partial charge in [0.15, 0.2) is 0 Å². The molecule has 0 aliphatic heterocycles. The average molecular weight is 1040 g/mol. The molecule has 6 nitrogen and oxygen atoms in total. The molecule has 408 valence electrons. The molecule has 0 saturated heterocycles. The third kappa shape index (κ3) is 24.2. The third-order valence-electron chi connectivity index (χ3n) is 10.5. The van der Waals surface area contributed by atoms with E-state index in [2.05, 4.69) is 161 Å². The molecule has 0 N–H and O–H groups in total. The van der Waals surface area contributed by atoms with Crippen LogP contribution in [0.5, 0.6) is 0 Å². The first-order chi connectivity index (χ1) is 38.2. The summed E-state index contributed by atoms with van der Waals surface area (Å²) in [4.78, 5) is 25.4. The van der Waals surface area contributed by atoms with Gasteiger partial charge in [-0.2, -0.15) is 0 Å². The summed E-state index contributed by atoms with van der Waals surface area (Å²) in [6, 6.07) is 61.9. The van der Waals surface area contributed by atoms with Crippen molar-refractivity contribution in [3.8, 4) is 0 Å². The second-order valence-electron chi connectivity index (χ2n) is 16.1. The fourth-order valence-corrected chi connectivity index (χ4v) is 7.12. The van der Waals surface area contributed by atoms with Crippen LogP contribution in [0.1, 0.15) is 117 Å². The van der Waals surface area contributed by atoms with Crippen LogP contribution in [-0.4, -0.2) is 29.9 Å². The Balaban J connectivity index is 0.000000450. The Hall–Kier alpha value is -8.22. The molecule has 6 heterocycles. The molecule has 0 saturated carbocycles. The van der Waals surface area contributed by atoms with Gasteiger partial charge in [0, 0.05) is 80.9 Å². The molecule has 0 aliphatic rings. The predicted octanol–water partition coefficient (Wildman–Crippen LogP) is 21.4. The molecule has 12 rings (SSSR count). The van der Waals surface area contributed by atoms with Crippen LogP contribution in [0.15, 0.2) is 219 Å². The summed E-state index contributed by atoms with van der Waals surface area (Å²) in [5, 5.41) is 9.78. The molecule has 0 aliphatic carbocycles. The number of nitrogens with zero attached hydrogens (tertiary/aromatic N) is 6. The van der Waals surface area contributed by atoms with E-state index < -0.39 is 0 Å². The minimum atomic E-state index is 1.07. The number of hydrogen-bond acceptors (Lipinski definition) is 6. The predicted molar refractivity (Wildman–Crippen MR) is 347 cm³/mol. The lowest BCUT2D eigenvalue weighted by atomic mass is 10.1. The first kappa shape index (κ1) is 67.8. The number of para-hydroxylation sites is 2. The average Bonchev–Trinajstić information content (AvgIpc) is 3.51. The van der Waals surface area contributed by atoms with E-state index in [1.807, 2.05) is 213 Å². The van der Waals surface area contributed by atoms with E-state index in [1.54, 1.807) is 0 Å². The number of aromatic nitrogens is 6. The van der Waals surface area contributed by atoms with Crippen molar-refractivity contribution < 1.29 is 0 Å². The molecular weight excluding hydrogens is 949 g/mol. The van der Waals surface area contributed by atoms with Gasteiger partial charge in [0.05, 0.1) is 22.1 Å². The van der Waals surface area contributed by atoms with Gasteiger partial charge in [-0.3, -0.25) is 29.9 Å². The molecule has 0 fully saturated rings. The van der Waals surface area contributed by atoms with Crippen molar-refractivity contribution in [2.45, 2.75) is 125 Å². The summed E-state index contributed by atoms with van der Waals surface area (Å²) >= 11 is 0. The quantitative estimate of drug-likeness (QED) is 0.151. The maximum absolute atomic E-state index is 4.38. The Morgan fingerprint density at radius 2 is 0.679 bits per heavy atom. The second kappa shape index (κ2) is 41.0. The van der Waals surface area contributed by atoms with Gasteiger partial charge < -0.3 is 0 Å². The molecule has 0 atom stereocenters. The number of aryl methyl sites for hydroxylation is 6. The molecule has 6 aromatic carbocycles. The Kier molecular flexibility index (Phi) is 35.6. The van der Waals surface area contributed by atoms with E-state index in [4.69, 9.17) is 0 Å². The van der Waals surface area contributed by atoms with Crippen molar-refractivity contribution in [1.82, 2.24) is 29.9 Å². The van der Waals surface area contributed by atoms with E-state index in [-0.39, 0.29) is 0 Å². The van der Waals surface area contributed by atoms with Gasteiger partial charge >= 0.3 is 0 Å². The van der Waals surface area contributed by atoms with Crippen LogP contribution in [0.4, 0.5) is 0 Å². The highest BCUT2D eigenvalue weighted by Crippen LogP contribution is 2.16. The largest absolute Gasteiger partial charge is 0.264 e. The number of fused-ring (bicyclic) bond motifs is 6. The van der Waals surface area contributed by atoms with Gasteiger partial charge in [0.25, 0.3) is 0 Å². The number of rotatable bonds is 0. The van der Waals surface area contributed by atoms with Crippen molar-refractivity contribution in [3.05, 3.63) is 253 Å². The monoisotopic (exact) mass is 1040 g/mol. The fourth-order valence-electron chi connectivity index (χ4n) is 7.12. The second-order valence-corrected chi connectivity index (χ2v) is 16.1. The van der Waals surface area contributed by atoms with Gasteiger partial charge in [0.2, 0.25) is 0 Å². The molecule has 0 amide bonds. The normalized spacial score (nSPS) is 9.15. The van der Waals surface area contributed by atoms with Crippen molar-refractivity contribution in [3.63, 3.8) is 0 Å². The number of pyridine rings is 6. The lowest BCUT2D eigenvalue weighted by molar-refractivity contribution is 1.22. The summed E-state index contributed by atoms with van der Waals surface area (Å²) in [5.74, 6) is 0. The van der Waals surface area contributed by atoms with Crippen LogP contribution in [0.3, 0.4) is 0 Å². The molecule has 78 heavy (non-hydrogen) atoms. The summed E-state index contributed by atoms with van der Waals surface area (Å²) in [5.41, 5.74) is 11.5. The van der Waals surface area contributed by atoms with Gasteiger partial charge in [-0.05, 0) is 136 Å². The van der Waals surface area contributed by atoms with Crippen LogP contribution in [-0.2, 0) is 0 Å². The lowest BCUT2D eigenvalue weighted by Crippen LogP contribution is -1.80. The first-order valence-electron chi connectivity index (χ1n) is 28.1. The summed E-state index contributed by atoms with van der Waals surface area (Å²) in [7, 11) is 0. The first-order valence-corrected chi connectivity index (χ1v) is 28.1. The Morgan fingerprint density at radius 1 is 0.231 bits per heavy atom. The van der Waals surface area contributed by atoms with Crippen molar-refractivity contribution in [2.75, 3.05) is 0 Å². The number of hydrogen-bond donors (Lipinski definition) is 0. The van der Waals surface area contributed by atoms with E-state index >= 15 is 0 Å². The SMILES string of the molecule is CC.CC.CC.CC.CC.CC.Cc1cc2ccccc2cn1.Cc1ccc2ccccc2n1.Cc1ccc2cccnc2c1.Cc1ccc2ccncc2c1.Cc1ccc2ncccc2c1.Cc1cnc2ccccc2c1. The topological polar surface area (TPSA) is 77.3 Å². The minimum absolute atomic E-state index is 1.07. The minimum Gasteiger partial charge on any atom is -0.264 e. The van der Waals surface area contributed by atoms with Crippen LogP contribution in [0, 0.1) is 41.5 Å². The highest BCUT2D eigenvalue weighted by Gasteiger charge is 1.95. The molecule has 0 bridgehead atoms. The molecule has 0 spiro atoms. The molecule has 12 aromatic rings. The molecular formula is C72H90N6. The molecule has 6 heteroatoms. The Bertz CT molecular complexity index is 2880. The zero-order chi connectivity index (χ0) is 58.1. The molecule has 0 radical (unpaired) electrons. The highest BCUT2D eigenvalue weighted by molar-refractivity contribution is 5.83. The molecule has 0 unspecified atom stereocenters. The zero-order valence-corrected chi connectivity index (χ0v) is 50.5. The van der Waals surface area contributed by atoms with Crippen molar-refractivity contribution >= 4 is 65.2 Å². The van der Waals surface area contributed by atoms with E-state index in [9.17, 15) is 0 Å². The fraction of sp³-hybridized carbons (Fsp3) is 0.250. The summed E-state index contributed by atoms with van der Waals surface area (Å²) in [6.45, 7) is 36.3. The van der Waals surface area contributed by atoms with Gasteiger partial charge in [-0.15, -0.1) is 0 Å². The van der Waals surface area contributed by atoms with Crippen molar-refractivity contribution in [1.29, 1.82) is 0 Å². The van der Waals surface area contributed by atoms with Gasteiger partial charge in [-0.1, -0.05) is 203 Å².